The molecule has 78 valence electrons. The SMILES string of the molecule is CCCOC(=O)C(C)=CS(=O)(=O)O.[H-].[Li+]. The average molecular weight is 216 g/mol. The molecular weight excluding hydrogens is 203 g/mol. The van der Waals surface area contributed by atoms with Crippen LogP contribution >= 0.6 is 0 Å². The Morgan fingerprint density at radius 2 is 2.07 bits per heavy atom. The molecule has 0 atom stereocenters. The molecule has 14 heavy (non-hydrogen) atoms. The van der Waals surface area contributed by atoms with E-state index in [1.165, 1.54) is 6.92 Å². The third-order valence-corrected chi connectivity index (χ3v) is 1.74. The van der Waals surface area contributed by atoms with Crippen LogP contribution in [-0.4, -0.2) is 25.5 Å². The van der Waals surface area contributed by atoms with Gasteiger partial charge in [0.05, 0.1) is 12.0 Å². The Hall–Kier alpha value is -0.283. The summed E-state index contributed by atoms with van der Waals surface area (Å²) >= 11 is 0. The van der Waals surface area contributed by atoms with Gasteiger partial charge in [-0.2, -0.15) is 8.42 Å². The van der Waals surface area contributed by atoms with E-state index in [-0.39, 0.29) is 32.5 Å². The van der Waals surface area contributed by atoms with Crippen LogP contribution in [0.3, 0.4) is 0 Å². The summed E-state index contributed by atoms with van der Waals surface area (Å²) in [7, 11) is -4.26. The first-order chi connectivity index (χ1) is 5.87. The van der Waals surface area contributed by atoms with E-state index in [9.17, 15) is 13.2 Å². The maximum Gasteiger partial charge on any atom is 1.00 e. The molecule has 0 radical (unpaired) electrons. The van der Waals surface area contributed by atoms with E-state index in [0.29, 0.717) is 11.8 Å². The molecule has 0 bridgehead atoms. The van der Waals surface area contributed by atoms with Gasteiger partial charge in [-0.05, 0) is 13.3 Å². The topological polar surface area (TPSA) is 80.7 Å². The summed E-state index contributed by atoms with van der Waals surface area (Å²) in [6, 6.07) is 0. The van der Waals surface area contributed by atoms with E-state index in [4.69, 9.17) is 4.55 Å². The number of hydrogen-bond acceptors (Lipinski definition) is 4. The Morgan fingerprint density at radius 3 is 2.43 bits per heavy atom. The first-order valence-electron chi connectivity index (χ1n) is 3.69. The van der Waals surface area contributed by atoms with Crippen molar-refractivity contribution in [3.05, 3.63) is 11.0 Å². The average Bonchev–Trinajstić information content (AvgIpc) is 1.96. The second kappa shape index (κ2) is 7.07. The van der Waals surface area contributed by atoms with Crippen molar-refractivity contribution in [2.75, 3.05) is 6.61 Å². The van der Waals surface area contributed by atoms with Crippen LogP contribution < -0.4 is 18.9 Å². The van der Waals surface area contributed by atoms with Crippen molar-refractivity contribution in [2.45, 2.75) is 20.3 Å². The molecule has 0 aromatic rings. The molecule has 0 unspecified atom stereocenters. The monoisotopic (exact) mass is 216 g/mol. The standard InChI is InChI=1S/C7H12O5S.Li.H/c1-3-4-12-7(8)6(2)5-13(9,10)11;;/h5H,3-4H2,1-2H3,(H,9,10,11);;/q;+1;-1. The zero-order valence-electron chi connectivity index (χ0n) is 9.48. The van der Waals surface area contributed by atoms with Gasteiger partial charge >= 0.3 is 24.8 Å². The van der Waals surface area contributed by atoms with Crippen molar-refractivity contribution in [2.24, 2.45) is 0 Å². The summed E-state index contributed by atoms with van der Waals surface area (Å²) in [5.74, 6) is -0.737. The van der Waals surface area contributed by atoms with E-state index in [2.05, 4.69) is 4.74 Å². The van der Waals surface area contributed by atoms with Gasteiger partial charge in [0.2, 0.25) is 0 Å². The molecule has 7 heteroatoms. The molecule has 0 saturated heterocycles. The van der Waals surface area contributed by atoms with Crippen molar-refractivity contribution < 1.29 is 42.8 Å². The van der Waals surface area contributed by atoms with E-state index in [1.54, 1.807) is 0 Å². The second-order valence-electron chi connectivity index (χ2n) is 2.45. The fraction of sp³-hybridized carbons (Fsp3) is 0.571. The van der Waals surface area contributed by atoms with Gasteiger partial charge in [0.15, 0.2) is 0 Å². The Morgan fingerprint density at radius 1 is 1.57 bits per heavy atom. The Bertz CT molecular complexity index is 311. The molecule has 1 N–H and O–H groups in total. The summed E-state index contributed by atoms with van der Waals surface area (Å²) in [6.45, 7) is 3.30. The molecular formula is C7H13LiO5S. The molecule has 0 aliphatic rings. The molecule has 0 fully saturated rings. The first kappa shape index (κ1) is 16.2. The maximum atomic E-state index is 10.9. The molecule has 5 nitrogen and oxygen atoms in total. The molecule has 0 aliphatic carbocycles. The molecule has 0 aromatic heterocycles. The van der Waals surface area contributed by atoms with Crippen LogP contribution in [0.5, 0.6) is 0 Å². The molecule has 0 aliphatic heterocycles. The van der Waals surface area contributed by atoms with Gasteiger partial charge in [0.1, 0.15) is 0 Å². The van der Waals surface area contributed by atoms with Gasteiger partial charge in [0.25, 0.3) is 10.1 Å². The van der Waals surface area contributed by atoms with Crippen LogP contribution in [0.2, 0.25) is 0 Å². The quantitative estimate of drug-likeness (QED) is 0.251. The number of carbonyl (C=O) groups is 1. The van der Waals surface area contributed by atoms with Crippen molar-refractivity contribution in [1.29, 1.82) is 0 Å². The fourth-order valence-electron chi connectivity index (χ4n) is 0.580. The Kier molecular flexibility index (Phi) is 8.16. The van der Waals surface area contributed by atoms with Gasteiger partial charge in [0, 0.05) is 5.57 Å². The third-order valence-electron chi connectivity index (χ3n) is 1.08. The first-order valence-corrected chi connectivity index (χ1v) is 5.20. The van der Waals surface area contributed by atoms with Gasteiger partial charge < -0.3 is 6.16 Å². The zero-order valence-corrected chi connectivity index (χ0v) is 9.30. The van der Waals surface area contributed by atoms with Crippen LogP contribution in [0.4, 0.5) is 0 Å². The van der Waals surface area contributed by atoms with Crippen molar-refractivity contribution >= 4 is 16.1 Å². The van der Waals surface area contributed by atoms with Gasteiger partial charge in [-0.1, -0.05) is 6.92 Å². The van der Waals surface area contributed by atoms with Crippen molar-refractivity contribution in [3.63, 3.8) is 0 Å². The molecule has 0 saturated carbocycles. The van der Waals surface area contributed by atoms with Crippen LogP contribution in [0.1, 0.15) is 21.7 Å². The van der Waals surface area contributed by atoms with Crippen molar-refractivity contribution in [1.82, 2.24) is 0 Å². The molecule has 0 spiro atoms. The summed E-state index contributed by atoms with van der Waals surface area (Å²) < 4.78 is 33.5. The Balaban J connectivity index is -0.000000720. The fourth-order valence-corrected chi connectivity index (χ4v) is 1.12. The third kappa shape index (κ3) is 8.32. The largest absolute Gasteiger partial charge is 1.00 e. The summed E-state index contributed by atoms with van der Waals surface area (Å²) in [5, 5.41) is 0.463. The minimum atomic E-state index is -4.26. The predicted octanol–water partition coefficient (Wildman–Crippen LogP) is -2.15. The molecule has 0 aromatic carbocycles. The minimum absolute atomic E-state index is 0. The Labute approximate surface area is 96.9 Å². The minimum Gasteiger partial charge on any atom is -1.00 e. The molecule has 0 rings (SSSR count). The van der Waals surface area contributed by atoms with E-state index in [1.807, 2.05) is 6.92 Å². The van der Waals surface area contributed by atoms with Crippen LogP contribution in [0.15, 0.2) is 11.0 Å². The number of rotatable bonds is 4. The number of hydrogen-bond donors (Lipinski definition) is 1. The summed E-state index contributed by atoms with van der Waals surface area (Å²) in [4.78, 5) is 10.9. The predicted molar refractivity (Wildman–Crippen MR) is 47.7 cm³/mol. The van der Waals surface area contributed by atoms with Crippen LogP contribution in [-0.2, 0) is 19.6 Å². The van der Waals surface area contributed by atoms with Gasteiger partial charge in [-0.25, -0.2) is 4.79 Å². The number of esters is 1. The summed E-state index contributed by atoms with van der Waals surface area (Å²) in [6.07, 6.45) is 0.658. The van der Waals surface area contributed by atoms with Crippen LogP contribution in [0, 0.1) is 0 Å². The number of carbonyl (C=O) groups excluding carboxylic acids is 1. The normalized spacial score (nSPS) is 11.8. The zero-order chi connectivity index (χ0) is 10.5. The van der Waals surface area contributed by atoms with Crippen LogP contribution in [0.25, 0.3) is 0 Å². The van der Waals surface area contributed by atoms with Crippen molar-refractivity contribution in [3.8, 4) is 0 Å². The second-order valence-corrected chi connectivity index (χ2v) is 3.72. The number of ether oxygens (including phenoxy) is 1. The molecule has 0 heterocycles. The van der Waals surface area contributed by atoms with E-state index >= 15 is 0 Å². The van der Waals surface area contributed by atoms with Gasteiger partial charge in [-0.15, -0.1) is 0 Å². The summed E-state index contributed by atoms with van der Waals surface area (Å²) in [5.41, 5.74) is -0.143. The van der Waals surface area contributed by atoms with E-state index < -0.39 is 16.1 Å². The molecule has 0 amide bonds. The maximum absolute atomic E-state index is 10.9. The smallest absolute Gasteiger partial charge is 1.00 e. The van der Waals surface area contributed by atoms with E-state index in [0.717, 1.165) is 0 Å². The van der Waals surface area contributed by atoms with Gasteiger partial charge in [-0.3, -0.25) is 4.55 Å².